The number of rotatable bonds is 5. The van der Waals surface area contributed by atoms with E-state index < -0.39 is 18.7 Å². The SMILES string of the molecule is O=C(O)Cc1ccc(CN2CCN(CC(F)(F)F)CC2)cc1. The van der Waals surface area contributed by atoms with Crippen LogP contribution in [0.15, 0.2) is 24.3 Å². The van der Waals surface area contributed by atoms with Crippen molar-refractivity contribution in [2.24, 2.45) is 0 Å². The first kappa shape index (κ1) is 16.8. The van der Waals surface area contributed by atoms with Crippen molar-refractivity contribution in [3.8, 4) is 0 Å². The standard InChI is InChI=1S/C15H19F3N2O2/c16-15(17,18)11-20-7-5-19(6-8-20)10-13-3-1-12(2-4-13)9-14(21)22/h1-4H,5-11H2,(H,21,22). The maximum Gasteiger partial charge on any atom is 0.401 e. The van der Waals surface area contributed by atoms with Gasteiger partial charge in [-0.05, 0) is 11.1 Å². The molecule has 2 rings (SSSR count). The Morgan fingerprint density at radius 2 is 1.50 bits per heavy atom. The van der Waals surface area contributed by atoms with Crippen LogP contribution in [0.2, 0.25) is 0 Å². The summed E-state index contributed by atoms with van der Waals surface area (Å²) in [4.78, 5) is 14.1. The largest absolute Gasteiger partial charge is 0.481 e. The quantitative estimate of drug-likeness (QED) is 0.902. The van der Waals surface area contributed by atoms with Crippen LogP contribution in [0.5, 0.6) is 0 Å². The highest BCUT2D eigenvalue weighted by Gasteiger charge is 2.32. The van der Waals surface area contributed by atoms with E-state index in [9.17, 15) is 18.0 Å². The minimum Gasteiger partial charge on any atom is -0.481 e. The van der Waals surface area contributed by atoms with Crippen molar-refractivity contribution >= 4 is 5.97 Å². The molecule has 0 radical (unpaired) electrons. The molecule has 0 atom stereocenters. The zero-order chi connectivity index (χ0) is 16.2. The number of carbonyl (C=O) groups is 1. The van der Waals surface area contributed by atoms with Crippen LogP contribution < -0.4 is 0 Å². The molecular formula is C15H19F3N2O2. The van der Waals surface area contributed by atoms with E-state index in [1.807, 2.05) is 12.1 Å². The number of alkyl halides is 3. The molecule has 0 unspecified atom stereocenters. The first-order valence-corrected chi connectivity index (χ1v) is 7.13. The molecule has 1 heterocycles. The Bertz CT molecular complexity index is 495. The van der Waals surface area contributed by atoms with Crippen molar-refractivity contribution in [2.45, 2.75) is 19.1 Å². The Labute approximate surface area is 127 Å². The fourth-order valence-corrected chi connectivity index (χ4v) is 2.55. The summed E-state index contributed by atoms with van der Waals surface area (Å²) < 4.78 is 36.9. The average Bonchev–Trinajstić information content (AvgIpc) is 2.41. The third-order valence-corrected chi connectivity index (χ3v) is 3.65. The monoisotopic (exact) mass is 316 g/mol. The van der Waals surface area contributed by atoms with Crippen molar-refractivity contribution in [1.82, 2.24) is 9.80 Å². The van der Waals surface area contributed by atoms with Crippen molar-refractivity contribution < 1.29 is 23.1 Å². The first-order valence-electron chi connectivity index (χ1n) is 7.13. The smallest absolute Gasteiger partial charge is 0.401 e. The van der Waals surface area contributed by atoms with Crippen LogP contribution in [-0.2, 0) is 17.8 Å². The predicted molar refractivity (Wildman–Crippen MR) is 75.6 cm³/mol. The van der Waals surface area contributed by atoms with Gasteiger partial charge in [-0.25, -0.2) is 0 Å². The molecule has 1 aromatic carbocycles. The fraction of sp³-hybridized carbons (Fsp3) is 0.533. The summed E-state index contributed by atoms with van der Waals surface area (Å²) in [6, 6.07) is 7.31. The van der Waals surface area contributed by atoms with Crippen LogP contribution in [0.25, 0.3) is 0 Å². The van der Waals surface area contributed by atoms with Crippen LogP contribution in [0.1, 0.15) is 11.1 Å². The van der Waals surface area contributed by atoms with Gasteiger partial charge in [-0.1, -0.05) is 24.3 Å². The molecule has 1 saturated heterocycles. The van der Waals surface area contributed by atoms with Gasteiger partial charge in [-0.15, -0.1) is 0 Å². The molecule has 1 N–H and O–H groups in total. The van der Waals surface area contributed by atoms with Crippen molar-refractivity contribution in [3.05, 3.63) is 35.4 Å². The van der Waals surface area contributed by atoms with Crippen molar-refractivity contribution in [1.29, 1.82) is 0 Å². The lowest BCUT2D eigenvalue weighted by Gasteiger charge is -2.35. The predicted octanol–water partition coefficient (Wildman–Crippen LogP) is 1.99. The molecule has 0 bridgehead atoms. The molecule has 0 spiro atoms. The molecule has 7 heteroatoms. The number of hydrogen-bond acceptors (Lipinski definition) is 3. The van der Waals surface area contributed by atoms with E-state index in [1.54, 1.807) is 12.1 Å². The second kappa shape index (κ2) is 7.11. The summed E-state index contributed by atoms with van der Waals surface area (Å²) in [6.45, 7) is 1.87. The van der Waals surface area contributed by atoms with Gasteiger partial charge in [0.1, 0.15) is 0 Å². The number of benzene rings is 1. The van der Waals surface area contributed by atoms with Gasteiger partial charge in [0.25, 0.3) is 0 Å². The van der Waals surface area contributed by atoms with E-state index in [-0.39, 0.29) is 6.42 Å². The first-order chi connectivity index (χ1) is 10.3. The highest BCUT2D eigenvalue weighted by Crippen LogP contribution is 2.18. The molecule has 0 amide bonds. The molecule has 1 fully saturated rings. The van der Waals surface area contributed by atoms with E-state index in [1.165, 1.54) is 4.90 Å². The number of carboxylic acids is 1. The van der Waals surface area contributed by atoms with E-state index in [0.29, 0.717) is 32.7 Å². The van der Waals surface area contributed by atoms with Gasteiger partial charge in [0.2, 0.25) is 0 Å². The van der Waals surface area contributed by atoms with Gasteiger partial charge in [0, 0.05) is 32.7 Å². The topological polar surface area (TPSA) is 43.8 Å². The minimum absolute atomic E-state index is 0.00357. The van der Waals surface area contributed by atoms with Gasteiger partial charge >= 0.3 is 12.1 Å². The summed E-state index contributed by atoms with van der Waals surface area (Å²) in [5, 5.41) is 8.71. The van der Waals surface area contributed by atoms with Crippen LogP contribution in [0, 0.1) is 0 Å². The Morgan fingerprint density at radius 1 is 1.00 bits per heavy atom. The zero-order valence-corrected chi connectivity index (χ0v) is 12.1. The number of nitrogens with zero attached hydrogens (tertiary/aromatic N) is 2. The molecule has 0 aliphatic carbocycles. The second-order valence-corrected chi connectivity index (χ2v) is 5.55. The molecule has 0 saturated carbocycles. The number of carboxylic acid groups (broad SMARTS) is 1. The molecule has 0 aromatic heterocycles. The number of piperazine rings is 1. The minimum atomic E-state index is -4.14. The summed E-state index contributed by atoms with van der Waals surface area (Å²) in [5.41, 5.74) is 1.78. The maximum atomic E-state index is 12.3. The van der Waals surface area contributed by atoms with Crippen molar-refractivity contribution in [2.75, 3.05) is 32.7 Å². The Morgan fingerprint density at radius 3 is 2.00 bits per heavy atom. The van der Waals surface area contributed by atoms with Crippen LogP contribution in [0.3, 0.4) is 0 Å². The normalized spacial score (nSPS) is 17.6. The lowest BCUT2D eigenvalue weighted by atomic mass is 10.1. The van der Waals surface area contributed by atoms with Gasteiger partial charge in [-0.2, -0.15) is 13.2 Å². The maximum absolute atomic E-state index is 12.3. The molecule has 1 aliphatic heterocycles. The number of hydrogen-bond donors (Lipinski definition) is 1. The highest BCUT2D eigenvalue weighted by atomic mass is 19.4. The molecule has 22 heavy (non-hydrogen) atoms. The molecule has 122 valence electrons. The average molecular weight is 316 g/mol. The lowest BCUT2D eigenvalue weighted by molar-refractivity contribution is -0.149. The summed E-state index contributed by atoms with van der Waals surface area (Å²) in [5.74, 6) is -0.867. The summed E-state index contributed by atoms with van der Waals surface area (Å²) in [7, 11) is 0. The molecule has 1 aliphatic rings. The third-order valence-electron chi connectivity index (χ3n) is 3.65. The van der Waals surface area contributed by atoms with E-state index in [0.717, 1.165) is 11.1 Å². The van der Waals surface area contributed by atoms with Crippen LogP contribution in [0.4, 0.5) is 13.2 Å². The molecule has 4 nitrogen and oxygen atoms in total. The zero-order valence-electron chi connectivity index (χ0n) is 12.1. The van der Waals surface area contributed by atoms with Crippen molar-refractivity contribution in [3.63, 3.8) is 0 Å². The van der Waals surface area contributed by atoms with E-state index >= 15 is 0 Å². The Hall–Kier alpha value is -1.60. The Balaban J connectivity index is 1.79. The summed E-state index contributed by atoms with van der Waals surface area (Å²) in [6.07, 6.45) is -4.14. The highest BCUT2D eigenvalue weighted by molar-refractivity contribution is 5.70. The molecular weight excluding hydrogens is 297 g/mol. The number of halogens is 3. The van der Waals surface area contributed by atoms with Gasteiger partial charge < -0.3 is 5.11 Å². The molecule has 1 aromatic rings. The Kier molecular flexibility index (Phi) is 5.42. The van der Waals surface area contributed by atoms with Gasteiger partial charge in [0.15, 0.2) is 0 Å². The van der Waals surface area contributed by atoms with Gasteiger partial charge in [0.05, 0.1) is 13.0 Å². The van der Waals surface area contributed by atoms with Crippen LogP contribution >= 0.6 is 0 Å². The van der Waals surface area contributed by atoms with E-state index in [2.05, 4.69) is 4.90 Å². The fourth-order valence-electron chi connectivity index (χ4n) is 2.55. The van der Waals surface area contributed by atoms with E-state index in [4.69, 9.17) is 5.11 Å². The van der Waals surface area contributed by atoms with Gasteiger partial charge in [-0.3, -0.25) is 14.6 Å². The third kappa shape index (κ3) is 5.65. The second-order valence-electron chi connectivity index (χ2n) is 5.55. The summed E-state index contributed by atoms with van der Waals surface area (Å²) >= 11 is 0. The lowest BCUT2D eigenvalue weighted by Crippen LogP contribution is -2.48. The van der Waals surface area contributed by atoms with Crippen LogP contribution in [-0.4, -0.2) is 59.8 Å². The number of aliphatic carboxylic acids is 1.